The Morgan fingerprint density at radius 1 is 1.50 bits per heavy atom. The number of nitrogens with one attached hydrogen (secondary N) is 1. The molecule has 7 heteroatoms. The van der Waals surface area contributed by atoms with Crippen LogP contribution in [0.25, 0.3) is 0 Å². The Morgan fingerprint density at radius 2 is 2.30 bits per heavy atom. The van der Waals surface area contributed by atoms with Crippen molar-refractivity contribution >= 4 is 5.96 Å². The van der Waals surface area contributed by atoms with Gasteiger partial charge in [-0.3, -0.25) is 9.58 Å². The molecule has 3 N–H and O–H groups in total. The van der Waals surface area contributed by atoms with Crippen molar-refractivity contribution in [2.75, 3.05) is 39.4 Å². The van der Waals surface area contributed by atoms with Crippen LogP contribution in [0.3, 0.4) is 0 Å². The van der Waals surface area contributed by atoms with E-state index in [-0.39, 0.29) is 0 Å². The third-order valence-corrected chi connectivity index (χ3v) is 3.39. The minimum atomic E-state index is 0.494. The molecule has 1 aromatic heterocycles. The number of nitrogens with two attached hydrogens (primary N) is 1. The smallest absolute Gasteiger partial charge is 0.188 e. The first kappa shape index (κ1) is 14.8. The van der Waals surface area contributed by atoms with E-state index >= 15 is 0 Å². The van der Waals surface area contributed by atoms with Gasteiger partial charge in [-0.1, -0.05) is 0 Å². The highest BCUT2D eigenvalue weighted by Crippen LogP contribution is 1.98. The predicted molar refractivity (Wildman–Crippen MR) is 78.4 cm³/mol. The third-order valence-electron chi connectivity index (χ3n) is 3.39. The number of aliphatic imine (C=N–C) groups is 1. The minimum absolute atomic E-state index is 0.494. The number of rotatable bonds is 6. The van der Waals surface area contributed by atoms with Gasteiger partial charge in [0.05, 0.1) is 25.5 Å². The molecule has 7 nitrogen and oxygen atoms in total. The molecule has 1 aliphatic heterocycles. The number of hydrogen-bond donors (Lipinski definition) is 2. The van der Waals surface area contributed by atoms with Crippen LogP contribution in [0.5, 0.6) is 0 Å². The summed E-state index contributed by atoms with van der Waals surface area (Å²) in [7, 11) is 1.90. The van der Waals surface area contributed by atoms with Gasteiger partial charge in [0.25, 0.3) is 0 Å². The van der Waals surface area contributed by atoms with E-state index in [0.29, 0.717) is 12.5 Å². The number of ether oxygens (including phenoxy) is 1. The van der Waals surface area contributed by atoms with Gasteiger partial charge in [-0.25, -0.2) is 4.99 Å². The Kier molecular flexibility index (Phi) is 5.82. The Morgan fingerprint density at radius 3 is 3.00 bits per heavy atom. The van der Waals surface area contributed by atoms with Crippen LogP contribution in [0, 0.1) is 0 Å². The Balaban J connectivity index is 1.59. The van der Waals surface area contributed by atoms with Crippen LogP contribution in [0.1, 0.15) is 12.1 Å². The summed E-state index contributed by atoms with van der Waals surface area (Å²) in [5.41, 5.74) is 6.88. The van der Waals surface area contributed by atoms with Crippen molar-refractivity contribution in [3.63, 3.8) is 0 Å². The molecule has 2 rings (SSSR count). The Bertz CT molecular complexity index is 424. The van der Waals surface area contributed by atoms with Crippen LogP contribution in [-0.2, 0) is 18.3 Å². The van der Waals surface area contributed by atoms with Crippen LogP contribution in [0.15, 0.2) is 17.3 Å². The lowest BCUT2D eigenvalue weighted by Crippen LogP contribution is -2.39. The molecule has 0 unspecified atom stereocenters. The van der Waals surface area contributed by atoms with E-state index < -0.39 is 0 Å². The molecule has 0 aromatic carbocycles. The van der Waals surface area contributed by atoms with E-state index in [4.69, 9.17) is 10.5 Å². The van der Waals surface area contributed by atoms with Gasteiger partial charge in [-0.15, -0.1) is 0 Å². The fourth-order valence-electron chi connectivity index (χ4n) is 2.12. The molecule has 1 fully saturated rings. The lowest BCUT2D eigenvalue weighted by atomic mass is 10.3. The highest BCUT2D eigenvalue weighted by atomic mass is 16.5. The number of aryl methyl sites for hydroxylation is 1. The molecule has 2 heterocycles. The second-order valence-electron chi connectivity index (χ2n) is 4.88. The van der Waals surface area contributed by atoms with E-state index in [0.717, 1.165) is 51.5 Å². The van der Waals surface area contributed by atoms with E-state index in [1.165, 1.54) is 0 Å². The average Bonchev–Trinajstić information content (AvgIpc) is 2.88. The predicted octanol–water partition coefficient (Wildman–Crippen LogP) is -0.453. The van der Waals surface area contributed by atoms with Gasteiger partial charge >= 0.3 is 0 Å². The number of hydrogen-bond acceptors (Lipinski definition) is 4. The summed E-state index contributed by atoms with van der Waals surface area (Å²) < 4.78 is 7.12. The second kappa shape index (κ2) is 7.86. The molecule has 0 radical (unpaired) electrons. The van der Waals surface area contributed by atoms with Crippen molar-refractivity contribution in [2.45, 2.75) is 13.0 Å². The van der Waals surface area contributed by atoms with E-state index in [9.17, 15) is 0 Å². The number of aromatic nitrogens is 2. The second-order valence-corrected chi connectivity index (χ2v) is 4.88. The summed E-state index contributed by atoms with van der Waals surface area (Å²) in [5.74, 6) is 0.494. The van der Waals surface area contributed by atoms with Crippen molar-refractivity contribution < 1.29 is 4.74 Å². The van der Waals surface area contributed by atoms with Crippen LogP contribution in [0.4, 0.5) is 0 Å². The topological polar surface area (TPSA) is 80.7 Å². The lowest BCUT2D eigenvalue weighted by molar-refractivity contribution is 0.0376. The van der Waals surface area contributed by atoms with E-state index in [2.05, 4.69) is 20.3 Å². The molecule has 20 heavy (non-hydrogen) atoms. The maximum absolute atomic E-state index is 5.84. The van der Waals surface area contributed by atoms with Gasteiger partial charge in [0.1, 0.15) is 0 Å². The van der Waals surface area contributed by atoms with Crippen molar-refractivity contribution in [1.29, 1.82) is 0 Å². The number of guanidine groups is 1. The van der Waals surface area contributed by atoms with Gasteiger partial charge < -0.3 is 15.8 Å². The summed E-state index contributed by atoms with van der Waals surface area (Å²) in [6.45, 7) is 6.24. The normalized spacial score (nSPS) is 17.4. The van der Waals surface area contributed by atoms with Gasteiger partial charge in [-0.05, 0) is 19.0 Å². The zero-order valence-electron chi connectivity index (χ0n) is 12.1. The summed E-state index contributed by atoms with van der Waals surface area (Å²) in [5, 5.41) is 7.24. The molecule has 0 saturated carbocycles. The first-order valence-electron chi connectivity index (χ1n) is 7.06. The fraction of sp³-hybridized carbons (Fsp3) is 0.692. The number of morpholine rings is 1. The largest absolute Gasteiger partial charge is 0.379 e. The maximum atomic E-state index is 5.84. The fourth-order valence-corrected chi connectivity index (χ4v) is 2.12. The molecule has 0 aliphatic carbocycles. The van der Waals surface area contributed by atoms with Crippen LogP contribution in [-0.4, -0.2) is 60.0 Å². The van der Waals surface area contributed by atoms with Crippen molar-refractivity contribution in [3.05, 3.63) is 18.0 Å². The van der Waals surface area contributed by atoms with Gasteiger partial charge in [-0.2, -0.15) is 5.10 Å². The van der Waals surface area contributed by atoms with E-state index in [1.807, 2.05) is 13.1 Å². The highest BCUT2D eigenvalue weighted by Gasteiger charge is 2.08. The van der Waals surface area contributed by atoms with Gasteiger partial charge in [0.2, 0.25) is 0 Å². The quantitative estimate of drug-likeness (QED) is 0.419. The first-order valence-corrected chi connectivity index (χ1v) is 7.06. The molecule has 112 valence electrons. The molecular weight excluding hydrogens is 256 g/mol. The van der Waals surface area contributed by atoms with Crippen molar-refractivity contribution in [3.8, 4) is 0 Å². The average molecular weight is 280 g/mol. The molecule has 1 aromatic rings. The SMILES string of the molecule is Cn1nccc1CN=C(N)NCCCN1CCOCC1. The molecule has 0 amide bonds. The molecule has 0 bridgehead atoms. The summed E-state index contributed by atoms with van der Waals surface area (Å²) in [4.78, 5) is 6.71. The lowest BCUT2D eigenvalue weighted by Gasteiger charge is -2.26. The molecular formula is C13H24N6O. The zero-order chi connectivity index (χ0) is 14.2. The Labute approximate surface area is 119 Å². The molecule has 0 atom stereocenters. The van der Waals surface area contributed by atoms with Crippen molar-refractivity contribution in [2.24, 2.45) is 17.8 Å². The van der Waals surface area contributed by atoms with Crippen LogP contribution < -0.4 is 11.1 Å². The molecule has 1 aliphatic rings. The van der Waals surface area contributed by atoms with Gasteiger partial charge in [0.15, 0.2) is 5.96 Å². The molecule has 1 saturated heterocycles. The minimum Gasteiger partial charge on any atom is -0.379 e. The molecule has 0 spiro atoms. The zero-order valence-corrected chi connectivity index (χ0v) is 12.1. The first-order chi connectivity index (χ1) is 9.75. The monoisotopic (exact) mass is 280 g/mol. The van der Waals surface area contributed by atoms with Gasteiger partial charge in [0, 0.05) is 32.9 Å². The summed E-state index contributed by atoms with van der Waals surface area (Å²) in [6.07, 6.45) is 2.82. The van der Waals surface area contributed by atoms with E-state index in [1.54, 1.807) is 10.9 Å². The standard InChI is InChI=1S/C13H24N6O/c1-18-12(3-5-17-18)11-16-13(14)15-4-2-6-19-7-9-20-10-8-19/h3,5H,2,4,6-11H2,1H3,(H3,14,15,16). The van der Waals surface area contributed by atoms with Crippen LogP contribution >= 0.6 is 0 Å². The summed E-state index contributed by atoms with van der Waals surface area (Å²) in [6, 6.07) is 1.94. The van der Waals surface area contributed by atoms with Crippen LogP contribution in [0.2, 0.25) is 0 Å². The third kappa shape index (κ3) is 4.82. The highest BCUT2D eigenvalue weighted by molar-refractivity contribution is 5.77. The maximum Gasteiger partial charge on any atom is 0.188 e. The van der Waals surface area contributed by atoms with Crippen molar-refractivity contribution in [1.82, 2.24) is 20.0 Å². The Hall–Kier alpha value is -1.60. The number of nitrogens with zero attached hydrogens (tertiary/aromatic N) is 4. The summed E-state index contributed by atoms with van der Waals surface area (Å²) >= 11 is 0.